The molecule has 0 aromatic rings. The monoisotopic (exact) mass is 214 g/mol. The zero-order valence-electron chi connectivity index (χ0n) is 8.89. The zero-order chi connectivity index (χ0) is 10.7. The summed E-state index contributed by atoms with van der Waals surface area (Å²) < 4.78 is 5.27. The second kappa shape index (κ2) is 4.81. The van der Waals surface area contributed by atoms with Crippen LogP contribution in [-0.4, -0.2) is 66.9 Å². The molecular weight excluding hydrogens is 196 g/mol. The molecule has 2 aliphatic heterocycles. The van der Waals surface area contributed by atoms with Crippen molar-refractivity contribution in [3.8, 4) is 0 Å². The third-order valence-corrected chi connectivity index (χ3v) is 3.18. The largest absolute Gasteiger partial charge is 0.465 e. The van der Waals surface area contributed by atoms with E-state index in [1.54, 1.807) is 0 Å². The Morgan fingerprint density at radius 2 is 2.00 bits per heavy atom. The molecule has 0 saturated carbocycles. The molecule has 2 saturated heterocycles. The molecule has 2 aliphatic rings. The lowest BCUT2D eigenvalue weighted by Gasteiger charge is -2.38. The average molecular weight is 214 g/mol. The van der Waals surface area contributed by atoms with Crippen molar-refractivity contribution in [2.75, 3.05) is 45.9 Å². The van der Waals surface area contributed by atoms with Gasteiger partial charge in [0.05, 0.1) is 13.2 Å². The van der Waals surface area contributed by atoms with Crippen LogP contribution >= 0.6 is 0 Å². The number of carbonyl (C=O) groups is 1. The highest BCUT2D eigenvalue weighted by molar-refractivity contribution is 5.65. The van der Waals surface area contributed by atoms with E-state index in [0.717, 1.165) is 52.4 Å². The molecular formula is C10H18N2O3. The average Bonchev–Trinajstić information content (AvgIpc) is 2.16. The second-order valence-corrected chi connectivity index (χ2v) is 4.30. The maximum absolute atomic E-state index is 10.5. The fraction of sp³-hybridized carbons (Fsp3) is 0.900. The first kappa shape index (κ1) is 10.7. The highest BCUT2D eigenvalue weighted by atomic mass is 16.5. The number of likely N-dealkylation sites (tertiary alicyclic amines) is 1. The Hall–Kier alpha value is -0.810. The topological polar surface area (TPSA) is 53.0 Å². The van der Waals surface area contributed by atoms with Crippen molar-refractivity contribution in [3.05, 3.63) is 0 Å². The first-order valence-electron chi connectivity index (χ1n) is 5.53. The van der Waals surface area contributed by atoms with Crippen LogP contribution in [-0.2, 0) is 4.74 Å². The van der Waals surface area contributed by atoms with Gasteiger partial charge in [-0.25, -0.2) is 4.79 Å². The van der Waals surface area contributed by atoms with Crippen LogP contribution < -0.4 is 0 Å². The minimum atomic E-state index is -0.780. The smallest absolute Gasteiger partial charge is 0.407 e. The molecule has 0 bridgehead atoms. The molecule has 2 heterocycles. The Labute approximate surface area is 89.6 Å². The molecule has 0 atom stereocenters. The molecule has 5 nitrogen and oxygen atoms in total. The van der Waals surface area contributed by atoms with E-state index in [1.807, 2.05) is 0 Å². The molecule has 1 N–H and O–H groups in total. The molecule has 86 valence electrons. The van der Waals surface area contributed by atoms with E-state index < -0.39 is 6.09 Å². The van der Waals surface area contributed by atoms with Gasteiger partial charge in [0, 0.05) is 26.2 Å². The SMILES string of the molecule is O=C(O)N1CC(CCN2CCOCC2)C1. The van der Waals surface area contributed by atoms with Crippen LogP contribution in [0.1, 0.15) is 6.42 Å². The van der Waals surface area contributed by atoms with Crippen LogP contribution in [0, 0.1) is 5.92 Å². The quantitative estimate of drug-likeness (QED) is 0.735. The fourth-order valence-corrected chi connectivity index (χ4v) is 2.10. The van der Waals surface area contributed by atoms with E-state index >= 15 is 0 Å². The van der Waals surface area contributed by atoms with Crippen molar-refractivity contribution in [1.82, 2.24) is 9.80 Å². The van der Waals surface area contributed by atoms with Crippen LogP contribution in [0.25, 0.3) is 0 Å². The first-order valence-corrected chi connectivity index (χ1v) is 5.53. The summed E-state index contributed by atoms with van der Waals surface area (Å²) >= 11 is 0. The maximum Gasteiger partial charge on any atom is 0.407 e. The summed E-state index contributed by atoms with van der Waals surface area (Å²) in [4.78, 5) is 14.4. The van der Waals surface area contributed by atoms with Crippen molar-refractivity contribution >= 4 is 6.09 Å². The molecule has 0 unspecified atom stereocenters. The van der Waals surface area contributed by atoms with Gasteiger partial charge in [-0.2, -0.15) is 0 Å². The summed E-state index contributed by atoms with van der Waals surface area (Å²) in [5.41, 5.74) is 0. The number of ether oxygens (including phenoxy) is 1. The van der Waals surface area contributed by atoms with Gasteiger partial charge in [-0.15, -0.1) is 0 Å². The summed E-state index contributed by atoms with van der Waals surface area (Å²) in [6.45, 7) is 6.25. The van der Waals surface area contributed by atoms with E-state index in [1.165, 1.54) is 4.90 Å². The van der Waals surface area contributed by atoms with Crippen LogP contribution in [0.2, 0.25) is 0 Å². The normalized spacial score (nSPS) is 23.9. The third kappa shape index (κ3) is 2.82. The number of rotatable bonds is 3. The molecule has 2 fully saturated rings. The van der Waals surface area contributed by atoms with Crippen molar-refractivity contribution in [3.63, 3.8) is 0 Å². The number of carboxylic acid groups (broad SMARTS) is 1. The Bertz CT molecular complexity index is 223. The Kier molecular flexibility index (Phi) is 3.43. The van der Waals surface area contributed by atoms with E-state index in [2.05, 4.69) is 4.90 Å². The number of amides is 1. The Balaban J connectivity index is 1.57. The molecule has 5 heteroatoms. The summed E-state index contributed by atoms with van der Waals surface area (Å²) in [5, 5.41) is 8.67. The van der Waals surface area contributed by atoms with Crippen LogP contribution in [0.15, 0.2) is 0 Å². The van der Waals surface area contributed by atoms with Crippen LogP contribution in [0.3, 0.4) is 0 Å². The lowest BCUT2D eigenvalue weighted by atomic mass is 9.97. The maximum atomic E-state index is 10.5. The lowest BCUT2D eigenvalue weighted by Crippen LogP contribution is -2.50. The lowest BCUT2D eigenvalue weighted by molar-refractivity contribution is 0.0270. The Morgan fingerprint density at radius 3 is 2.60 bits per heavy atom. The molecule has 1 amide bonds. The first-order chi connectivity index (χ1) is 7.25. The minimum absolute atomic E-state index is 0.573. The highest BCUT2D eigenvalue weighted by Crippen LogP contribution is 2.19. The number of nitrogens with zero attached hydrogens (tertiary/aromatic N) is 2. The molecule has 2 rings (SSSR count). The second-order valence-electron chi connectivity index (χ2n) is 4.30. The van der Waals surface area contributed by atoms with Gasteiger partial charge >= 0.3 is 6.09 Å². The van der Waals surface area contributed by atoms with Gasteiger partial charge < -0.3 is 14.7 Å². The molecule has 0 aliphatic carbocycles. The standard InChI is InChI=1S/C10H18N2O3/c13-10(14)12-7-9(8-12)1-2-11-3-5-15-6-4-11/h9H,1-8H2,(H,13,14). The van der Waals surface area contributed by atoms with Gasteiger partial charge in [0.1, 0.15) is 0 Å². The highest BCUT2D eigenvalue weighted by Gasteiger charge is 2.30. The minimum Gasteiger partial charge on any atom is -0.465 e. The molecule has 0 aromatic carbocycles. The van der Waals surface area contributed by atoms with Crippen molar-refractivity contribution in [2.24, 2.45) is 5.92 Å². The number of morpholine rings is 1. The van der Waals surface area contributed by atoms with Gasteiger partial charge in [0.25, 0.3) is 0 Å². The fourth-order valence-electron chi connectivity index (χ4n) is 2.10. The molecule has 0 radical (unpaired) electrons. The summed E-state index contributed by atoms with van der Waals surface area (Å²) in [6.07, 6.45) is 0.335. The summed E-state index contributed by atoms with van der Waals surface area (Å²) in [7, 11) is 0. The van der Waals surface area contributed by atoms with Gasteiger partial charge in [-0.3, -0.25) is 4.90 Å². The van der Waals surface area contributed by atoms with E-state index in [9.17, 15) is 4.79 Å². The summed E-state index contributed by atoms with van der Waals surface area (Å²) in [6, 6.07) is 0. The van der Waals surface area contributed by atoms with E-state index in [-0.39, 0.29) is 0 Å². The van der Waals surface area contributed by atoms with Gasteiger partial charge in [-0.05, 0) is 18.9 Å². The van der Waals surface area contributed by atoms with Crippen LogP contribution in [0.4, 0.5) is 4.79 Å². The van der Waals surface area contributed by atoms with Crippen molar-refractivity contribution in [2.45, 2.75) is 6.42 Å². The predicted octanol–water partition coefficient (Wildman–Crippen LogP) is 0.319. The Morgan fingerprint density at radius 1 is 1.33 bits per heavy atom. The summed E-state index contributed by atoms with van der Waals surface area (Å²) in [5.74, 6) is 0.573. The molecule has 0 aromatic heterocycles. The van der Waals surface area contributed by atoms with E-state index in [4.69, 9.17) is 9.84 Å². The van der Waals surface area contributed by atoms with Gasteiger partial charge in [0.2, 0.25) is 0 Å². The van der Waals surface area contributed by atoms with Gasteiger partial charge in [-0.1, -0.05) is 0 Å². The van der Waals surface area contributed by atoms with Gasteiger partial charge in [0.15, 0.2) is 0 Å². The van der Waals surface area contributed by atoms with Crippen molar-refractivity contribution < 1.29 is 14.6 Å². The third-order valence-electron chi connectivity index (χ3n) is 3.18. The number of hydrogen-bond acceptors (Lipinski definition) is 3. The molecule has 15 heavy (non-hydrogen) atoms. The van der Waals surface area contributed by atoms with Crippen LogP contribution in [0.5, 0.6) is 0 Å². The molecule has 0 spiro atoms. The predicted molar refractivity (Wildman–Crippen MR) is 55.0 cm³/mol. The van der Waals surface area contributed by atoms with E-state index in [0.29, 0.717) is 5.92 Å². The number of hydrogen-bond donors (Lipinski definition) is 1. The van der Waals surface area contributed by atoms with Crippen molar-refractivity contribution in [1.29, 1.82) is 0 Å². The zero-order valence-corrected chi connectivity index (χ0v) is 8.89.